The molecule has 12 heteroatoms. The van der Waals surface area contributed by atoms with Gasteiger partial charge in [0.15, 0.2) is 5.65 Å². The zero-order valence-corrected chi connectivity index (χ0v) is 21.8. The summed E-state index contributed by atoms with van der Waals surface area (Å²) in [6, 6.07) is 6.98. The van der Waals surface area contributed by atoms with E-state index in [1.54, 1.807) is 43.2 Å². The number of fused-ring (bicyclic) bond motifs is 2. The van der Waals surface area contributed by atoms with E-state index in [9.17, 15) is 22.4 Å². The molecule has 0 unspecified atom stereocenters. The van der Waals surface area contributed by atoms with E-state index in [1.807, 2.05) is 4.90 Å². The first-order valence-electron chi connectivity index (χ1n) is 12.8. The van der Waals surface area contributed by atoms with Gasteiger partial charge in [0, 0.05) is 43.5 Å². The zero-order valence-electron chi connectivity index (χ0n) is 21.8. The Labute approximate surface area is 225 Å². The molecule has 206 valence electrons. The fraction of sp³-hybridized carbons (Fsp3) is 0.321. The first kappa shape index (κ1) is 25.9. The van der Waals surface area contributed by atoms with Crippen molar-refractivity contribution in [3.8, 4) is 0 Å². The van der Waals surface area contributed by atoms with E-state index >= 15 is 0 Å². The van der Waals surface area contributed by atoms with Crippen LogP contribution in [0, 0.1) is 12.7 Å². The van der Waals surface area contributed by atoms with Crippen LogP contribution in [-0.2, 0) is 19.8 Å². The van der Waals surface area contributed by atoms with Gasteiger partial charge in [0.1, 0.15) is 11.3 Å². The van der Waals surface area contributed by atoms with Crippen molar-refractivity contribution >= 4 is 27.8 Å². The molecule has 1 saturated heterocycles. The van der Waals surface area contributed by atoms with Crippen LogP contribution in [0.1, 0.15) is 41.3 Å². The van der Waals surface area contributed by atoms with Crippen molar-refractivity contribution < 1.29 is 17.6 Å². The molecule has 40 heavy (non-hydrogen) atoms. The number of aromatic nitrogens is 6. The van der Waals surface area contributed by atoms with Crippen molar-refractivity contribution in [1.29, 1.82) is 0 Å². The van der Waals surface area contributed by atoms with Crippen LogP contribution < -0.4 is 10.5 Å². The van der Waals surface area contributed by atoms with E-state index in [2.05, 4.69) is 20.1 Å². The van der Waals surface area contributed by atoms with Gasteiger partial charge < -0.3 is 4.90 Å². The van der Waals surface area contributed by atoms with Crippen LogP contribution in [0.15, 0.2) is 53.7 Å². The highest BCUT2D eigenvalue weighted by Gasteiger charge is 2.34. The molecule has 0 aliphatic carbocycles. The fourth-order valence-electron chi connectivity index (χ4n) is 5.57. The molecule has 1 fully saturated rings. The predicted molar refractivity (Wildman–Crippen MR) is 142 cm³/mol. The lowest BCUT2D eigenvalue weighted by Gasteiger charge is -2.34. The molecule has 0 amide bonds. The molecule has 0 bridgehead atoms. The van der Waals surface area contributed by atoms with Crippen LogP contribution in [0.2, 0.25) is 0 Å². The van der Waals surface area contributed by atoms with Gasteiger partial charge >= 0.3 is 6.18 Å². The van der Waals surface area contributed by atoms with Crippen molar-refractivity contribution in [3.05, 3.63) is 87.6 Å². The Hall–Kier alpha value is -4.35. The lowest BCUT2D eigenvalue weighted by atomic mass is 9.89. The summed E-state index contributed by atoms with van der Waals surface area (Å²) in [6.07, 6.45) is 0.955. The Morgan fingerprint density at radius 3 is 2.60 bits per heavy atom. The molecule has 1 aliphatic rings. The monoisotopic (exact) mass is 551 g/mol. The molecule has 0 atom stereocenters. The Morgan fingerprint density at radius 2 is 1.85 bits per heavy atom. The van der Waals surface area contributed by atoms with Crippen molar-refractivity contribution in [2.45, 2.75) is 38.4 Å². The molecular weight excluding hydrogens is 526 g/mol. The largest absolute Gasteiger partial charge is 0.418 e. The van der Waals surface area contributed by atoms with Crippen LogP contribution >= 0.6 is 0 Å². The van der Waals surface area contributed by atoms with Crippen molar-refractivity contribution in [2.24, 2.45) is 7.05 Å². The minimum atomic E-state index is -4.62. The summed E-state index contributed by atoms with van der Waals surface area (Å²) in [6.45, 7) is 2.29. The van der Waals surface area contributed by atoms with E-state index in [1.165, 1.54) is 22.9 Å². The molecule has 0 radical (unpaired) electrons. The molecule has 8 nitrogen and oxygen atoms in total. The van der Waals surface area contributed by atoms with Gasteiger partial charge in [0.25, 0.3) is 5.56 Å². The quantitative estimate of drug-likeness (QED) is 0.294. The van der Waals surface area contributed by atoms with Crippen LogP contribution in [0.4, 0.5) is 23.2 Å². The summed E-state index contributed by atoms with van der Waals surface area (Å²) in [4.78, 5) is 28.6. The molecule has 5 heterocycles. The lowest BCUT2D eigenvalue weighted by molar-refractivity contribution is -0.138. The molecule has 6 rings (SSSR count). The van der Waals surface area contributed by atoms with Crippen LogP contribution in [-0.4, -0.2) is 42.4 Å². The third-order valence-electron chi connectivity index (χ3n) is 7.55. The number of pyridine rings is 2. The number of rotatable bonds is 4. The number of nitrogens with zero attached hydrogens (tertiary/aromatic N) is 7. The van der Waals surface area contributed by atoms with E-state index in [0.717, 1.165) is 17.0 Å². The Kier molecular flexibility index (Phi) is 6.27. The van der Waals surface area contributed by atoms with E-state index in [0.29, 0.717) is 48.4 Å². The number of halogens is 4. The number of alkyl halides is 3. The zero-order chi connectivity index (χ0) is 28.2. The third-order valence-corrected chi connectivity index (χ3v) is 7.55. The van der Waals surface area contributed by atoms with Crippen molar-refractivity contribution in [2.75, 3.05) is 18.0 Å². The maximum Gasteiger partial charge on any atom is 0.418 e. The second-order valence-electron chi connectivity index (χ2n) is 10.1. The predicted octanol–water partition coefficient (Wildman–Crippen LogP) is 4.97. The lowest BCUT2D eigenvalue weighted by Crippen LogP contribution is -2.36. The molecule has 4 aromatic heterocycles. The Balaban J connectivity index is 1.37. The van der Waals surface area contributed by atoms with Crippen LogP contribution in [0.5, 0.6) is 0 Å². The molecule has 0 spiro atoms. The Morgan fingerprint density at radius 1 is 1.07 bits per heavy atom. The first-order valence-corrected chi connectivity index (χ1v) is 12.8. The highest BCUT2D eigenvalue weighted by Crippen LogP contribution is 2.36. The van der Waals surface area contributed by atoms with E-state index in [4.69, 9.17) is 0 Å². The molecule has 1 aliphatic heterocycles. The molecular formula is C28H25F4N7O. The average molecular weight is 552 g/mol. The highest BCUT2D eigenvalue weighted by atomic mass is 19.4. The van der Waals surface area contributed by atoms with Gasteiger partial charge in [-0.2, -0.15) is 18.3 Å². The minimum Gasteiger partial charge on any atom is -0.369 e. The second-order valence-corrected chi connectivity index (χ2v) is 10.1. The van der Waals surface area contributed by atoms with Gasteiger partial charge in [-0.3, -0.25) is 24.0 Å². The third kappa shape index (κ3) is 4.46. The minimum absolute atomic E-state index is 0.190. The van der Waals surface area contributed by atoms with Crippen molar-refractivity contribution in [3.63, 3.8) is 0 Å². The summed E-state index contributed by atoms with van der Waals surface area (Å²) in [7, 11) is 1.80. The molecule has 5 aromatic rings. The average Bonchev–Trinajstić information content (AvgIpc) is 3.30. The van der Waals surface area contributed by atoms with Crippen molar-refractivity contribution in [1.82, 2.24) is 29.3 Å². The second kappa shape index (κ2) is 9.68. The van der Waals surface area contributed by atoms with Crippen LogP contribution in [0.3, 0.4) is 0 Å². The van der Waals surface area contributed by atoms with Gasteiger partial charge in [0.2, 0.25) is 0 Å². The number of hydrogen-bond acceptors (Lipinski definition) is 6. The number of benzene rings is 1. The number of piperidine rings is 1. The van der Waals surface area contributed by atoms with Gasteiger partial charge in [0.05, 0.1) is 40.9 Å². The van der Waals surface area contributed by atoms with E-state index < -0.39 is 23.8 Å². The number of hydrogen-bond donors (Lipinski definition) is 0. The smallest absolute Gasteiger partial charge is 0.369 e. The molecule has 0 N–H and O–H groups in total. The summed E-state index contributed by atoms with van der Waals surface area (Å²) in [5, 5.41) is 4.98. The summed E-state index contributed by atoms with van der Waals surface area (Å²) < 4.78 is 59.0. The van der Waals surface area contributed by atoms with Gasteiger partial charge in [-0.05, 0) is 56.0 Å². The molecule has 0 saturated carbocycles. The van der Waals surface area contributed by atoms with Crippen LogP contribution in [0.25, 0.3) is 22.1 Å². The van der Waals surface area contributed by atoms with Gasteiger partial charge in [-0.15, -0.1) is 0 Å². The van der Waals surface area contributed by atoms with Gasteiger partial charge in [-0.1, -0.05) is 0 Å². The van der Waals surface area contributed by atoms with E-state index in [-0.39, 0.29) is 23.1 Å². The number of anilines is 1. The fourth-order valence-corrected chi connectivity index (χ4v) is 5.57. The maximum absolute atomic E-state index is 14.9. The first-order chi connectivity index (χ1) is 19.1. The topological polar surface area (TPSA) is 81.7 Å². The van der Waals surface area contributed by atoms with Gasteiger partial charge in [-0.25, -0.2) is 9.37 Å². The SMILES string of the molecule is Cc1cnc2cc(C3CCN(c4c(F)ccc5c4cnn5C)CC3)c(=O)n(Cc3ncccc3C(F)(F)F)c2n1. The number of aryl methyl sites for hydroxylation is 2. The standard InChI is InChI=1S/C28H25F4N7O/c1-16-13-34-22-12-18(27(40)39(26(22)36-16)15-23-20(28(30,31)32)4-3-9-33-23)17-7-10-38(11-8-17)25-19-14-35-37(2)24(19)6-5-21(25)29/h3-6,9,12-14,17H,7-8,10-11,15H2,1-2H3. The summed E-state index contributed by atoms with van der Waals surface area (Å²) in [5.74, 6) is -0.530. The normalized spacial score (nSPS) is 14.9. The molecule has 1 aromatic carbocycles. The Bertz CT molecular complexity index is 1800. The summed E-state index contributed by atoms with van der Waals surface area (Å²) >= 11 is 0. The highest BCUT2D eigenvalue weighted by molar-refractivity contribution is 5.92. The summed E-state index contributed by atoms with van der Waals surface area (Å²) in [5.41, 5.74) is 1.31. The maximum atomic E-state index is 14.9.